The molecule has 0 saturated carbocycles. The van der Waals surface area contributed by atoms with Gasteiger partial charge >= 0.3 is 0 Å². The Morgan fingerprint density at radius 2 is 2.27 bits per heavy atom. The molecule has 66 valence electrons. The predicted octanol–water partition coefficient (Wildman–Crippen LogP) is 0.195. The Hall–Kier alpha value is -0.380. The van der Waals surface area contributed by atoms with E-state index in [1.807, 2.05) is 6.92 Å². The molecule has 0 bridgehead atoms. The predicted molar refractivity (Wildman–Crippen MR) is 45.2 cm³/mol. The van der Waals surface area contributed by atoms with Crippen LogP contribution in [0.15, 0.2) is 12.7 Å². The van der Waals surface area contributed by atoms with Crippen LogP contribution in [0.25, 0.3) is 0 Å². The summed E-state index contributed by atoms with van der Waals surface area (Å²) in [6.07, 6.45) is 1.93. The molecular formula is C8H17NO2. The lowest BCUT2D eigenvalue weighted by Gasteiger charge is -2.24. The van der Waals surface area contributed by atoms with Crippen LogP contribution in [0.4, 0.5) is 0 Å². The molecule has 0 radical (unpaired) electrons. The van der Waals surface area contributed by atoms with Crippen LogP contribution in [0.3, 0.4) is 0 Å². The van der Waals surface area contributed by atoms with Gasteiger partial charge in [0, 0.05) is 13.1 Å². The maximum atomic E-state index is 9.35. The Morgan fingerprint density at radius 1 is 1.64 bits per heavy atom. The second-order valence-electron chi connectivity index (χ2n) is 2.40. The highest BCUT2D eigenvalue weighted by atomic mass is 16.3. The third-order valence-electron chi connectivity index (χ3n) is 1.54. The highest BCUT2D eigenvalue weighted by molar-refractivity contribution is 4.74. The van der Waals surface area contributed by atoms with Crippen LogP contribution in [-0.4, -0.2) is 41.0 Å². The third kappa shape index (κ3) is 4.14. The molecule has 0 aromatic rings. The maximum Gasteiger partial charge on any atom is 0.107 e. The Kier molecular flexibility index (Phi) is 6.12. The van der Waals surface area contributed by atoms with E-state index < -0.39 is 6.23 Å². The SMILES string of the molecule is C=CCN(CCO)C(O)CC. The molecule has 0 fully saturated rings. The average Bonchev–Trinajstić information content (AvgIpc) is 2.03. The third-order valence-corrected chi connectivity index (χ3v) is 1.54. The van der Waals surface area contributed by atoms with E-state index in [0.29, 0.717) is 19.5 Å². The summed E-state index contributed by atoms with van der Waals surface area (Å²) < 4.78 is 0. The summed E-state index contributed by atoms with van der Waals surface area (Å²) in [5.74, 6) is 0. The fourth-order valence-corrected chi connectivity index (χ4v) is 0.914. The first-order chi connectivity index (χ1) is 5.26. The van der Waals surface area contributed by atoms with Crippen molar-refractivity contribution in [2.24, 2.45) is 0 Å². The molecule has 0 aliphatic carbocycles. The van der Waals surface area contributed by atoms with Gasteiger partial charge in [-0.3, -0.25) is 4.90 Å². The fraction of sp³-hybridized carbons (Fsp3) is 0.750. The van der Waals surface area contributed by atoms with Crippen molar-refractivity contribution in [2.45, 2.75) is 19.6 Å². The van der Waals surface area contributed by atoms with E-state index in [4.69, 9.17) is 5.11 Å². The van der Waals surface area contributed by atoms with Crippen molar-refractivity contribution >= 4 is 0 Å². The standard InChI is InChI=1S/C8H17NO2/c1-3-5-9(6-7-10)8(11)4-2/h3,8,10-11H,1,4-7H2,2H3. The molecule has 0 aromatic heterocycles. The van der Waals surface area contributed by atoms with E-state index in [0.717, 1.165) is 0 Å². The van der Waals surface area contributed by atoms with E-state index in [9.17, 15) is 5.11 Å². The fourth-order valence-electron chi connectivity index (χ4n) is 0.914. The lowest BCUT2D eigenvalue weighted by atomic mass is 10.3. The molecular weight excluding hydrogens is 142 g/mol. The normalized spacial score (nSPS) is 13.5. The minimum Gasteiger partial charge on any atom is -0.395 e. The maximum absolute atomic E-state index is 9.35. The van der Waals surface area contributed by atoms with Crippen molar-refractivity contribution in [1.29, 1.82) is 0 Å². The zero-order valence-corrected chi connectivity index (χ0v) is 7.03. The largest absolute Gasteiger partial charge is 0.395 e. The van der Waals surface area contributed by atoms with Crippen molar-refractivity contribution in [2.75, 3.05) is 19.7 Å². The monoisotopic (exact) mass is 159 g/mol. The van der Waals surface area contributed by atoms with Gasteiger partial charge in [-0.25, -0.2) is 0 Å². The zero-order valence-electron chi connectivity index (χ0n) is 7.03. The number of hydrogen-bond donors (Lipinski definition) is 2. The number of rotatable bonds is 6. The lowest BCUT2D eigenvalue weighted by Crippen LogP contribution is -2.36. The van der Waals surface area contributed by atoms with Crippen LogP contribution < -0.4 is 0 Å². The van der Waals surface area contributed by atoms with Crippen molar-refractivity contribution in [3.8, 4) is 0 Å². The van der Waals surface area contributed by atoms with Crippen LogP contribution in [-0.2, 0) is 0 Å². The van der Waals surface area contributed by atoms with Crippen LogP contribution >= 0.6 is 0 Å². The molecule has 0 heterocycles. The number of nitrogens with zero attached hydrogens (tertiary/aromatic N) is 1. The van der Waals surface area contributed by atoms with Gasteiger partial charge in [-0.2, -0.15) is 0 Å². The summed E-state index contributed by atoms with van der Waals surface area (Å²) in [4.78, 5) is 1.77. The van der Waals surface area contributed by atoms with E-state index >= 15 is 0 Å². The summed E-state index contributed by atoms with van der Waals surface area (Å²) >= 11 is 0. The van der Waals surface area contributed by atoms with Gasteiger partial charge in [0.05, 0.1) is 6.61 Å². The smallest absolute Gasteiger partial charge is 0.107 e. The van der Waals surface area contributed by atoms with Crippen LogP contribution in [0, 0.1) is 0 Å². The van der Waals surface area contributed by atoms with E-state index in [1.54, 1.807) is 11.0 Å². The minimum absolute atomic E-state index is 0.0743. The van der Waals surface area contributed by atoms with Crippen molar-refractivity contribution in [3.05, 3.63) is 12.7 Å². The van der Waals surface area contributed by atoms with Gasteiger partial charge in [0.1, 0.15) is 6.23 Å². The summed E-state index contributed by atoms with van der Waals surface area (Å²) in [6, 6.07) is 0. The first-order valence-corrected chi connectivity index (χ1v) is 3.90. The molecule has 0 aliphatic heterocycles. The lowest BCUT2D eigenvalue weighted by molar-refractivity contribution is 0.0000714. The molecule has 0 amide bonds. The number of aliphatic hydroxyl groups is 2. The van der Waals surface area contributed by atoms with Crippen molar-refractivity contribution in [1.82, 2.24) is 4.90 Å². The Balaban J connectivity index is 3.75. The summed E-state index contributed by atoms with van der Waals surface area (Å²) in [5.41, 5.74) is 0. The molecule has 0 rings (SSSR count). The molecule has 2 N–H and O–H groups in total. The van der Waals surface area contributed by atoms with Gasteiger partial charge in [-0.05, 0) is 6.42 Å². The molecule has 1 unspecified atom stereocenters. The van der Waals surface area contributed by atoms with Crippen molar-refractivity contribution in [3.63, 3.8) is 0 Å². The number of aliphatic hydroxyl groups excluding tert-OH is 2. The van der Waals surface area contributed by atoms with E-state index in [-0.39, 0.29) is 6.61 Å². The quantitative estimate of drug-likeness (QED) is 0.429. The topological polar surface area (TPSA) is 43.7 Å². The Morgan fingerprint density at radius 3 is 2.64 bits per heavy atom. The van der Waals surface area contributed by atoms with Gasteiger partial charge in [0.2, 0.25) is 0 Å². The molecule has 0 saturated heterocycles. The Bertz CT molecular complexity index is 106. The van der Waals surface area contributed by atoms with E-state index in [1.165, 1.54) is 0 Å². The summed E-state index contributed by atoms with van der Waals surface area (Å²) in [7, 11) is 0. The minimum atomic E-state index is -0.458. The van der Waals surface area contributed by atoms with E-state index in [2.05, 4.69) is 6.58 Å². The van der Waals surface area contributed by atoms with Gasteiger partial charge < -0.3 is 10.2 Å². The second-order valence-corrected chi connectivity index (χ2v) is 2.40. The molecule has 1 atom stereocenters. The first kappa shape index (κ1) is 10.6. The molecule has 0 aromatic carbocycles. The molecule has 3 heteroatoms. The zero-order chi connectivity index (χ0) is 8.69. The Labute approximate surface area is 68.0 Å². The second kappa shape index (κ2) is 6.34. The summed E-state index contributed by atoms with van der Waals surface area (Å²) in [5, 5.41) is 18.0. The average molecular weight is 159 g/mol. The van der Waals surface area contributed by atoms with Gasteiger partial charge in [-0.1, -0.05) is 13.0 Å². The molecule has 0 spiro atoms. The van der Waals surface area contributed by atoms with Gasteiger partial charge in [-0.15, -0.1) is 6.58 Å². The first-order valence-electron chi connectivity index (χ1n) is 3.90. The molecule has 3 nitrogen and oxygen atoms in total. The highest BCUT2D eigenvalue weighted by Crippen LogP contribution is 1.99. The molecule has 11 heavy (non-hydrogen) atoms. The van der Waals surface area contributed by atoms with Crippen molar-refractivity contribution < 1.29 is 10.2 Å². The van der Waals surface area contributed by atoms with Crippen LogP contribution in [0.5, 0.6) is 0 Å². The van der Waals surface area contributed by atoms with Gasteiger partial charge in [0.15, 0.2) is 0 Å². The van der Waals surface area contributed by atoms with Gasteiger partial charge in [0.25, 0.3) is 0 Å². The molecule has 0 aliphatic rings. The summed E-state index contributed by atoms with van der Waals surface area (Å²) in [6.45, 7) is 6.66. The highest BCUT2D eigenvalue weighted by Gasteiger charge is 2.10. The van der Waals surface area contributed by atoms with Crippen LogP contribution in [0.2, 0.25) is 0 Å². The van der Waals surface area contributed by atoms with Crippen LogP contribution in [0.1, 0.15) is 13.3 Å². The number of hydrogen-bond acceptors (Lipinski definition) is 3.